The van der Waals surface area contributed by atoms with Gasteiger partial charge in [0.1, 0.15) is 5.75 Å². The molecule has 100 valence electrons. The molecule has 0 unspecified atom stereocenters. The minimum atomic E-state index is 0. The van der Waals surface area contributed by atoms with Gasteiger partial charge in [0.2, 0.25) is 0 Å². The molecule has 0 bridgehead atoms. The van der Waals surface area contributed by atoms with Crippen molar-refractivity contribution in [2.45, 2.75) is 6.54 Å². The van der Waals surface area contributed by atoms with Gasteiger partial charge in [-0.2, -0.15) is 0 Å². The molecular formula is C16H18ClNO. The Morgan fingerprint density at radius 2 is 1.68 bits per heavy atom. The molecule has 0 aliphatic rings. The SMILES string of the molecule is COc1ccc(/C=C/c2ccccc2CN)cc1.Cl. The minimum Gasteiger partial charge on any atom is -0.497 e. The van der Waals surface area contributed by atoms with Gasteiger partial charge in [0.15, 0.2) is 0 Å². The molecule has 0 amide bonds. The van der Waals surface area contributed by atoms with Crippen molar-refractivity contribution in [3.05, 3.63) is 65.2 Å². The molecule has 0 spiro atoms. The van der Waals surface area contributed by atoms with Crippen molar-refractivity contribution in [2.75, 3.05) is 7.11 Å². The standard InChI is InChI=1S/C16H17NO.ClH/c1-18-16-10-7-13(8-11-16)6-9-14-4-2-3-5-15(14)12-17;/h2-11H,12,17H2,1H3;1H/b9-6+;. The molecule has 0 saturated carbocycles. The van der Waals surface area contributed by atoms with Gasteiger partial charge in [0, 0.05) is 6.54 Å². The van der Waals surface area contributed by atoms with E-state index in [0.29, 0.717) is 6.54 Å². The number of rotatable bonds is 4. The van der Waals surface area contributed by atoms with Crippen molar-refractivity contribution >= 4 is 24.6 Å². The van der Waals surface area contributed by atoms with Crippen LogP contribution in [-0.4, -0.2) is 7.11 Å². The molecule has 0 heterocycles. The van der Waals surface area contributed by atoms with Crippen molar-refractivity contribution in [1.82, 2.24) is 0 Å². The average molecular weight is 276 g/mol. The van der Waals surface area contributed by atoms with E-state index in [1.54, 1.807) is 7.11 Å². The summed E-state index contributed by atoms with van der Waals surface area (Å²) in [5, 5.41) is 0. The zero-order chi connectivity index (χ0) is 12.8. The fraction of sp³-hybridized carbons (Fsp3) is 0.125. The maximum absolute atomic E-state index is 5.71. The van der Waals surface area contributed by atoms with Crippen LogP contribution in [0.2, 0.25) is 0 Å². The molecule has 2 aromatic carbocycles. The van der Waals surface area contributed by atoms with Gasteiger partial charge in [-0.15, -0.1) is 12.4 Å². The lowest BCUT2D eigenvalue weighted by Gasteiger charge is -2.02. The van der Waals surface area contributed by atoms with E-state index in [0.717, 1.165) is 22.4 Å². The fourth-order valence-corrected chi connectivity index (χ4v) is 1.78. The Hall–Kier alpha value is -1.77. The molecule has 0 atom stereocenters. The summed E-state index contributed by atoms with van der Waals surface area (Å²) in [6.07, 6.45) is 4.16. The van der Waals surface area contributed by atoms with E-state index in [1.165, 1.54) is 0 Å². The van der Waals surface area contributed by atoms with Crippen LogP contribution in [-0.2, 0) is 6.54 Å². The van der Waals surface area contributed by atoms with Crippen molar-refractivity contribution in [1.29, 1.82) is 0 Å². The molecule has 19 heavy (non-hydrogen) atoms. The molecule has 2 N–H and O–H groups in total. The number of hydrogen-bond acceptors (Lipinski definition) is 2. The van der Waals surface area contributed by atoms with Gasteiger partial charge in [0.05, 0.1) is 7.11 Å². The summed E-state index contributed by atoms with van der Waals surface area (Å²) in [5.41, 5.74) is 9.17. The molecule has 0 fully saturated rings. The van der Waals surface area contributed by atoms with Crippen molar-refractivity contribution < 1.29 is 4.74 Å². The van der Waals surface area contributed by atoms with Gasteiger partial charge in [-0.05, 0) is 28.8 Å². The van der Waals surface area contributed by atoms with Crippen LogP contribution in [0.5, 0.6) is 5.75 Å². The van der Waals surface area contributed by atoms with Gasteiger partial charge in [-0.25, -0.2) is 0 Å². The second-order valence-corrected chi connectivity index (χ2v) is 4.01. The van der Waals surface area contributed by atoms with Crippen molar-refractivity contribution in [3.8, 4) is 5.75 Å². The summed E-state index contributed by atoms with van der Waals surface area (Å²) in [7, 11) is 1.67. The summed E-state index contributed by atoms with van der Waals surface area (Å²) in [6.45, 7) is 0.559. The van der Waals surface area contributed by atoms with Crippen LogP contribution in [0.1, 0.15) is 16.7 Å². The zero-order valence-corrected chi connectivity index (χ0v) is 11.7. The topological polar surface area (TPSA) is 35.2 Å². The molecule has 2 rings (SSSR count). The molecule has 0 aliphatic carbocycles. The maximum atomic E-state index is 5.71. The Kier molecular flexibility index (Phi) is 6.13. The van der Waals surface area contributed by atoms with Crippen LogP contribution in [0.3, 0.4) is 0 Å². The summed E-state index contributed by atoms with van der Waals surface area (Å²) in [4.78, 5) is 0. The van der Waals surface area contributed by atoms with E-state index >= 15 is 0 Å². The van der Waals surface area contributed by atoms with Crippen LogP contribution < -0.4 is 10.5 Å². The molecular weight excluding hydrogens is 258 g/mol. The highest BCUT2D eigenvalue weighted by Crippen LogP contribution is 2.15. The first kappa shape index (κ1) is 15.3. The molecule has 0 saturated heterocycles. The first-order valence-corrected chi connectivity index (χ1v) is 5.93. The normalized spacial score (nSPS) is 10.2. The molecule has 2 aromatic rings. The minimum absolute atomic E-state index is 0. The lowest BCUT2D eigenvalue weighted by molar-refractivity contribution is 0.415. The number of ether oxygens (including phenoxy) is 1. The number of methoxy groups -OCH3 is 1. The third kappa shape index (κ3) is 4.12. The highest BCUT2D eigenvalue weighted by Gasteiger charge is 1.95. The number of nitrogens with two attached hydrogens (primary N) is 1. The number of benzene rings is 2. The van der Waals surface area contributed by atoms with Gasteiger partial charge >= 0.3 is 0 Å². The fourth-order valence-electron chi connectivity index (χ4n) is 1.78. The lowest BCUT2D eigenvalue weighted by atomic mass is 10.1. The van der Waals surface area contributed by atoms with Crippen LogP contribution in [0.25, 0.3) is 12.2 Å². The maximum Gasteiger partial charge on any atom is 0.118 e. The van der Waals surface area contributed by atoms with Gasteiger partial charge in [-0.1, -0.05) is 48.6 Å². The quantitative estimate of drug-likeness (QED) is 0.863. The third-order valence-corrected chi connectivity index (χ3v) is 2.85. The molecule has 0 aromatic heterocycles. The van der Waals surface area contributed by atoms with E-state index in [4.69, 9.17) is 10.5 Å². The Morgan fingerprint density at radius 1 is 1.00 bits per heavy atom. The second kappa shape index (κ2) is 7.62. The predicted octanol–water partition coefficient (Wildman–Crippen LogP) is 3.75. The largest absolute Gasteiger partial charge is 0.497 e. The molecule has 0 radical (unpaired) electrons. The highest BCUT2D eigenvalue weighted by molar-refractivity contribution is 5.85. The van der Waals surface area contributed by atoms with Crippen LogP contribution >= 0.6 is 12.4 Å². The van der Waals surface area contributed by atoms with Crippen LogP contribution in [0.4, 0.5) is 0 Å². The summed E-state index contributed by atoms with van der Waals surface area (Å²) >= 11 is 0. The van der Waals surface area contributed by atoms with Gasteiger partial charge in [-0.3, -0.25) is 0 Å². The first-order chi connectivity index (χ1) is 8.83. The van der Waals surface area contributed by atoms with Gasteiger partial charge < -0.3 is 10.5 Å². The van der Waals surface area contributed by atoms with Crippen molar-refractivity contribution in [2.24, 2.45) is 5.73 Å². The Bertz CT molecular complexity index is 535. The Labute approximate surface area is 120 Å². The van der Waals surface area contributed by atoms with Crippen LogP contribution in [0, 0.1) is 0 Å². The van der Waals surface area contributed by atoms with E-state index in [-0.39, 0.29) is 12.4 Å². The summed E-state index contributed by atoms with van der Waals surface area (Å²) < 4.78 is 5.13. The van der Waals surface area contributed by atoms with E-state index in [2.05, 4.69) is 18.2 Å². The Morgan fingerprint density at radius 3 is 2.32 bits per heavy atom. The monoisotopic (exact) mass is 275 g/mol. The second-order valence-electron chi connectivity index (χ2n) is 4.01. The van der Waals surface area contributed by atoms with Gasteiger partial charge in [0.25, 0.3) is 0 Å². The number of halogens is 1. The molecule has 2 nitrogen and oxygen atoms in total. The average Bonchev–Trinajstić information content (AvgIpc) is 2.46. The smallest absolute Gasteiger partial charge is 0.118 e. The molecule has 0 aliphatic heterocycles. The molecule has 3 heteroatoms. The van der Waals surface area contributed by atoms with E-state index < -0.39 is 0 Å². The predicted molar refractivity (Wildman–Crippen MR) is 83.5 cm³/mol. The highest BCUT2D eigenvalue weighted by atomic mass is 35.5. The zero-order valence-electron chi connectivity index (χ0n) is 10.9. The van der Waals surface area contributed by atoms with Crippen molar-refractivity contribution in [3.63, 3.8) is 0 Å². The third-order valence-electron chi connectivity index (χ3n) is 2.85. The van der Waals surface area contributed by atoms with E-state index in [1.807, 2.05) is 42.5 Å². The van der Waals surface area contributed by atoms with Crippen LogP contribution in [0.15, 0.2) is 48.5 Å². The summed E-state index contributed by atoms with van der Waals surface area (Å²) in [6, 6.07) is 16.1. The first-order valence-electron chi connectivity index (χ1n) is 5.93. The summed E-state index contributed by atoms with van der Waals surface area (Å²) in [5.74, 6) is 0.870. The number of hydrogen-bond donors (Lipinski definition) is 1. The lowest BCUT2D eigenvalue weighted by Crippen LogP contribution is -1.97. The Balaban J connectivity index is 0.00000180. The van der Waals surface area contributed by atoms with E-state index in [9.17, 15) is 0 Å².